The van der Waals surface area contributed by atoms with Gasteiger partial charge in [0.05, 0.1) is 0 Å². The Balaban J connectivity index is 2.51. The number of rotatable bonds is 3. The summed E-state index contributed by atoms with van der Waals surface area (Å²) >= 11 is 4.86. The smallest absolute Gasteiger partial charge is 0.0152 e. The average Bonchev–Trinajstić information content (AvgIpc) is 2.18. The van der Waals surface area contributed by atoms with Crippen molar-refractivity contribution in [3.63, 3.8) is 0 Å². The van der Waals surface area contributed by atoms with Crippen molar-refractivity contribution >= 4 is 12.6 Å². The molecule has 0 N–H and O–H groups in total. The van der Waals surface area contributed by atoms with Crippen LogP contribution in [0.15, 0.2) is 0 Å². The second kappa shape index (κ2) is 4.55. The van der Waals surface area contributed by atoms with E-state index in [2.05, 4.69) is 13.8 Å². The van der Waals surface area contributed by atoms with Crippen LogP contribution >= 0.6 is 12.6 Å². The molecule has 0 spiro atoms. The molecule has 1 aliphatic rings. The molecule has 0 radical (unpaired) electrons. The summed E-state index contributed by atoms with van der Waals surface area (Å²) in [5.41, 5.74) is 0. The third-order valence-electron chi connectivity index (χ3n) is 3.59. The first-order valence-corrected chi connectivity index (χ1v) is 5.90. The SMILES string of the molecule is CCC(S)(CC)C1CCCCC1. The third-order valence-corrected chi connectivity index (χ3v) is 4.59. The second-order valence-electron chi connectivity index (χ2n) is 4.15. The molecule has 0 saturated heterocycles. The maximum atomic E-state index is 4.86. The molecule has 0 unspecified atom stereocenters. The fraction of sp³-hybridized carbons (Fsp3) is 1.00. The molecule has 72 valence electrons. The van der Waals surface area contributed by atoms with Crippen LogP contribution in [0.4, 0.5) is 0 Å². The highest BCUT2D eigenvalue weighted by Crippen LogP contribution is 2.40. The van der Waals surface area contributed by atoms with Crippen molar-refractivity contribution in [3.05, 3.63) is 0 Å². The van der Waals surface area contributed by atoms with E-state index in [0.29, 0.717) is 4.75 Å². The first-order valence-electron chi connectivity index (χ1n) is 5.45. The predicted molar refractivity (Wildman–Crippen MR) is 58.9 cm³/mol. The highest BCUT2D eigenvalue weighted by atomic mass is 32.1. The Labute approximate surface area is 82.5 Å². The summed E-state index contributed by atoms with van der Waals surface area (Å²) in [4.78, 5) is 0. The van der Waals surface area contributed by atoms with Crippen LogP contribution in [0.25, 0.3) is 0 Å². The van der Waals surface area contributed by atoms with Gasteiger partial charge < -0.3 is 0 Å². The lowest BCUT2D eigenvalue weighted by molar-refractivity contribution is 0.268. The van der Waals surface area contributed by atoms with Crippen molar-refractivity contribution in [2.45, 2.75) is 63.5 Å². The van der Waals surface area contributed by atoms with Gasteiger partial charge >= 0.3 is 0 Å². The Bertz CT molecular complexity index is 121. The van der Waals surface area contributed by atoms with Crippen LogP contribution in [0.3, 0.4) is 0 Å². The van der Waals surface area contributed by atoms with Crippen LogP contribution in [0.1, 0.15) is 58.8 Å². The van der Waals surface area contributed by atoms with Gasteiger partial charge in [-0.3, -0.25) is 0 Å². The van der Waals surface area contributed by atoms with Gasteiger partial charge in [0.1, 0.15) is 0 Å². The van der Waals surface area contributed by atoms with Crippen molar-refractivity contribution in [3.8, 4) is 0 Å². The summed E-state index contributed by atoms with van der Waals surface area (Å²) in [6, 6.07) is 0. The molecule has 1 heteroatoms. The van der Waals surface area contributed by atoms with Crippen LogP contribution < -0.4 is 0 Å². The largest absolute Gasteiger partial charge is 0.172 e. The molecule has 0 atom stereocenters. The van der Waals surface area contributed by atoms with Crippen molar-refractivity contribution in [2.75, 3.05) is 0 Å². The van der Waals surface area contributed by atoms with Crippen LogP contribution in [-0.2, 0) is 0 Å². The Kier molecular flexibility index (Phi) is 3.95. The van der Waals surface area contributed by atoms with Gasteiger partial charge in [-0.25, -0.2) is 0 Å². The van der Waals surface area contributed by atoms with E-state index in [9.17, 15) is 0 Å². The maximum absolute atomic E-state index is 4.86. The Morgan fingerprint density at radius 3 is 2.00 bits per heavy atom. The van der Waals surface area contributed by atoms with Crippen molar-refractivity contribution in [1.82, 2.24) is 0 Å². The topological polar surface area (TPSA) is 0 Å². The zero-order chi connectivity index (χ0) is 9.03. The number of thiol groups is 1. The molecular weight excluding hydrogens is 164 g/mol. The van der Waals surface area contributed by atoms with Crippen LogP contribution in [-0.4, -0.2) is 4.75 Å². The minimum atomic E-state index is 0.348. The minimum Gasteiger partial charge on any atom is -0.172 e. The molecule has 1 fully saturated rings. The molecule has 0 nitrogen and oxygen atoms in total. The van der Waals surface area contributed by atoms with E-state index in [-0.39, 0.29) is 0 Å². The van der Waals surface area contributed by atoms with Gasteiger partial charge in [0.15, 0.2) is 0 Å². The van der Waals surface area contributed by atoms with E-state index in [4.69, 9.17) is 12.6 Å². The summed E-state index contributed by atoms with van der Waals surface area (Å²) in [5.74, 6) is 0.893. The van der Waals surface area contributed by atoms with Crippen molar-refractivity contribution in [1.29, 1.82) is 0 Å². The molecule has 0 aromatic heterocycles. The van der Waals surface area contributed by atoms with Gasteiger partial charge in [-0.1, -0.05) is 33.1 Å². The fourth-order valence-electron chi connectivity index (χ4n) is 2.47. The molecule has 0 aromatic carbocycles. The highest BCUT2D eigenvalue weighted by Gasteiger charge is 2.32. The molecule has 1 rings (SSSR count). The van der Waals surface area contributed by atoms with Crippen molar-refractivity contribution in [2.24, 2.45) is 5.92 Å². The van der Waals surface area contributed by atoms with Gasteiger partial charge in [-0.05, 0) is 31.6 Å². The lowest BCUT2D eigenvalue weighted by Gasteiger charge is -2.37. The summed E-state index contributed by atoms with van der Waals surface area (Å²) < 4.78 is 0.348. The summed E-state index contributed by atoms with van der Waals surface area (Å²) in [7, 11) is 0. The molecule has 0 aromatic rings. The minimum absolute atomic E-state index is 0.348. The van der Waals surface area contributed by atoms with Crippen LogP contribution in [0, 0.1) is 5.92 Å². The standard InChI is InChI=1S/C11H22S/c1-3-11(12,4-2)10-8-6-5-7-9-10/h10,12H,3-9H2,1-2H3. The van der Waals surface area contributed by atoms with Gasteiger partial charge in [0, 0.05) is 4.75 Å². The fourth-order valence-corrected chi connectivity index (χ4v) is 2.73. The van der Waals surface area contributed by atoms with E-state index < -0.39 is 0 Å². The summed E-state index contributed by atoms with van der Waals surface area (Å²) in [6.07, 6.45) is 9.64. The first kappa shape index (κ1) is 10.4. The second-order valence-corrected chi connectivity index (χ2v) is 5.04. The lowest BCUT2D eigenvalue weighted by Crippen LogP contribution is -2.32. The van der Waals surface area contributed by atoms with E-state index >= 15 is 0 Å². The third kappa shape index (κ3) is 2.18. The van der Waals surface area contributed by atoms with E-state index in [0.717, 1.165) is 5.92 Å². The van der Waals surface area contributed by atoms with Crippen LogP contribution in [0.5, 0.6) is 0 Å². The van der Waals surface area contributed by atoms with E-state index in [1.54, 1.807) is 0 Å². The Hall–Kier alpha value is 0.350. The van der Waals surface area contributed by atoms with E-state index in [1.165, 1.54) is 44.9 Å². The molecule has 1 saturated carbocycles. The summed E-state index contributed by atoms with van der Waals surface area (Å²) in [5, 5.41) is 0. The monoisotopic (exact) mass is 186 g/mol. The number of hydrogen-bond acceptors (Lipinski definition) is 1. The van der Waals surface area contributed by atoms with E-state index in [1.807, 2.05) is 0 Å². The maximum Gasteiger partial charge on any atom is 0.0152 e. The molecule has 12 heavy (non-hydrogen) atoms. The van der Waals surface area contributed by atoms with Crippen molar-refractivity contribution < 1.29 is 0 Å². The summed E-state index contributed by atoms with van der Waals surface area (Å²) in [6.45, 7) is 4.57. The molecule has 1 aliphatic carbocycles. The first-order chi connectivity index (χ1) is 5.73. The van der Waals surface area contributed by atoms with Gasteiger partial charge in [0.2, 0.25) is 0 Å². The quantitative estimate of drug-likeness (QED) is 0.631. The lowest BCUT2D eigenvalue weighted by atomic mass is 9.77. The molecule has 0 amide bonds. The van der Waals surface area contributed by atoms with Gasteiger partial charge in [-0.2, -0.15) is 12.6 Å². The Morgan fingerprint density at radius 1 is 1.08 bits per heavy atom. The molecular formula is C11H22S. The predicted octanol–water partition coefficient (Wildman–Crippen LogP) is 4.06. The van der Waals surface area contributed by atoms with Crippen LogP contribution in [0.2, 0.25) is 0 Å². The molecule has 0 heterocycles. The molecule has 0 bridgehead atoms. The highest BCUT2D eigenvalue weighted by molar-refractivity contribution is 7.81. The van der Waals surface area contributed by atoms with Gasteiger partial charge in [-0.15, -0.1) is 0 Å². The number of hydrogen-bond donors (Lipinski definition) is 1. The Morgan fingerprint density at radius 2 is 1.58 bits per heavy atom. The average molecular weight is 186 g/mol. The zero-order valence-corrected chi connectivity index (χ0v) is 9.37. The normalized spacial score (nSPS) is 21.2. The zero-order valence-electron chi connectivity index (χ0n) is 8.47. The molecule has 0 aliphatic heterocycles. The van der Waals surface area contributed by atoms with Gasteiger partial charge in [0.25, 0.3) is 0 Å².